The molecule has 176 valence electrons. The van der Waals surface area contributed by atoms with Crippen molar-refractivity contribution >= 4 is 11.0 Å². The predicted molar refractivity (Wildman–Crippen MR) is 125 cm³/mol. The SMILES string of the molecule is COc1cc(CCCO[C@@H]2Cc3cc4ccc(=O)oc4cc3OC2(C)C)cc(OC)c1OC. The molecule has 3 aromatic rings. The van der Waals surface area contributed by atoms with E-state index < -0.39 is 5.60 Å². The number of hydrogen-bond donors (Lipinski definition) is 0. The van der Waals surface area contributed by atoms with Crippen LogP contribution in [0, 0.1) is 0 Å². The summed E-state index contributed by atoms with van der Waals surface area (Å²) in [6.07, 6.45) is 2.27. The van der Waals surface area contributed by atoms with Crippen molar-refractivity contribution in [3.63, 3.8) is 0 Å². The normalized spacial score (nSPS) is 16.7. The highest BCUT2D eigenvalue weighted by atomic mass is 16.6. The molecule has 7 nitrogen and oxygen atoms in total. The van der Waals surface area contributed by atoms with Crippen LogP contribution in [-0.4, -0.2) is 39.6 Å². The Kier molecular flexibility index (Phi) is 6.51. The molecule has 0 spiro atoms. The van der Waals surface area contributed by atoms with Gasteiger partial charge in [0.2, 0.25) is 5.75 Å². The van der Waals surface area contributed by atoms with Crippen molar-refractivity contribution in [2.24, 2.45) is 0 Å². The number of methoxy groups -OCH3 is 3. The van der Waals surface area contributed by atoms with Crippen molar-refractivity contribution in [3.05, 3.63) is 57.9 Å². The van der Waals surface area contributed by atoms with Gasteiger partial charge in [-0.05, 0) is 62.1 Å². The van der Waals surface area contributed by atoms with Crippen molar-refractivity contribution in [1.29, 1.82) is 0 Å². The molecule has 4 rings (SSSR count). The molecular weight excluding hydrogens is 424 g/mol. The van der Waals surface area contributed by atoms with Crippen LogP contribution in [0.5, 0.6) is 23.0 Å². The third-order valence-electron chi connectivity index (χ3n) is 6.01. The molecule has 0 radical (unpaired) electrons. The molecule has 33 heavy (non-hydrogen) atoms. The van der Waals surface area contributed by atoms with Crippen molar-refractivity contribution in [2.75, 3.05) is 27.9 Å². The van der Waals surface area contributed by atoms with Crippen LogP contribution in [-0.2, 0) is 17.6 Å². The maximum absolute atomic E-state index is 11.5. The van der Waals surface area contributed by atoms with E-state index in [0.29, 0.717) is 29.4 Å². The summed E-state index contributed by atoms with van der Waals surface area (Å²) in [4.78, 5) is 11.5. The molecule has 7 heteroatoms. The first kappa shape index (κ1) is 23.0. The minimum atomic E-state index is -0.512. The highest BCUT2D eigenvalue weighted by Gasteiger charge is 2.38. The topological polar surface area (TPSA) is 76.4 Å². The van der Waals surface area contributed by atoms with Gasteiger partial charge in [0.1, 0.15) is 23.0 Å². The molecule has 0 amide bonds. The summed E-state index contributed by atoms with van der Waals surface area (Å²) in [5.74, 6) is 2.62. The summed E-state index contributed by atoms with van der Waals surface area (Å²) < 4.78 is 34.1. The van der Waals surface area contributed by atoms with E-state index >= 15 is 0 Å². The third-order valence-corrected chi connectivity index (χ3v) is 6.01. The van der Waals surface area contributed by atoms with Crippen molar-refractivity contribution in [3.8, 4) is 23.0 Å². The van der Waals surface area contributed by atoms with Crippen molar-refractivity contribution in [1.82, 2.24) is 0 Å². The molecule has 2 heterocycles. The van der Waals surface area contributed by atoms with Gasteiger partial charge < -0.3 is 28.1 Å². The van der Waals surface area contributed by atoms with E-state index in [1.165, 1.54) is 6.07 Å². The zero-order chi connectivity index (χ0) is 23.6. The molecule has 1 atom stereocenters. The van der Waals surface area contributed by atoms with Gasteiger partial charge in [-0.2, -0.15) is 0 Å². The zero-order valence-electron chi connectivity index (χ0n) is 19.7. The van der Waals surface area contributed by atoms with Crippen LogP contribution in [0.3, 0.4) is 0 Å². The fourth-order valence-corrected chi connectivity index (χ4v) is 4.23. The van der Waals surface area contributed by atoms with Gasteiger partial charge in [0, 0.05) is 30.5 Å². The molecule has 0 fully saturated rings. The van der Waals surface area contributed by atoms with E-state index in [0.717, 1.165) is 41.5 Å². The van der Waals surface area contributed by atoms with E-state index in [4.69, 9.17) is 28.1 Å². The van der Waals surface area contributed by atoms with Gasteiger partial charge in [-0.15, -0.1) is 0 Å². The maximum Gasteiger partial charge on any atom is 0.336 e. The van der Waals surface area contributed by atoms with E-state index in [1.54, 1.807) is 33.5 Å². The van der Waals surface area contributed by atoms with Crippen LogP contribution >= 0.6 is 0 Å². The minimum Gasteiger partial charge on any atom is -0.493 e. The minimum absolute atomic E-state index is 0.0990. The van der Waals surface area contributed by atoms with Crippen LogP contribution in [0.15, 0.2) is 45.6 Å². The highest BCUT2D eigenvalue weighted by Crippen LogP contribution is 2.39. The average Bonchev–Trinajstić information content (AvgIpc) is 2.79. The fourth-order valence-electron chi connectivity index (χ4n) is 4.23. The Hall–Kier alpha value is -3.19. The molecule has 1 aliphatic rings. The lowest BCUT2D eigenvalue weighted by molar-refractivity contribution is -0.0839. The van der Waals surface area contributed by atoms with Crippen molar-refractivity contribution in [2.45, 2.75) is 44.8 Å². The first-order valence-electron chi connectivity index (χ1n) is 11.0. The van der Waals surface area contributed by atoms with Gasteiger partial charge in [0.15, 0.2) is 11.5 Å². The summed E-state index contributed by atoms with van der Waals surface area (Å²) in [5.41, 5.74) is 1.78. The lowest BCUT2D eigenvalue weighted by atomic mass is 9.90. The maximum atomic E-state index is 11.5. The highest BCUT2D eigenvalue weighted by molar-refractivity contribution is 5.79. The van der Waals surface area contributed by atoms with Gasteiger partial charge >= 0.3 is 5.63 Å². The molecule has 1 aromatic heterocycles. The number of aryl methyl sites for hydroxylation is 1. The predicted octanol–water partition coefficient (Wildman–Crippen LogP) is 4.55. The Morgan fingerprint density at radius 2 is 1.73 bits per heavy atom. The lowest BCUT2D eigenvalue weighted by Gasteiger charge is -2.39. The van der Waals surface area contributed by atoms with Crippen LogP contribution in [0.4, 0.5) is 0 Å². The Balaban J connectivity index is 1.42. The number of rotatable bonds is 8. The third kappa shape index (κ3) is 4.78. The van der Waals surface area contributed by atoms with Gasteiger partial charge in [0.05, 0.1) is 21.3 Å². The first-order valence-corrected chi connectivity index (χ1v) is 11.0. The van der Waals surface area contributed by atoms with Gasteiger partial charge in [-0.1, -0.05) is 0 Å². The van der Waals surface area contributed by atoms with Gasteiger partial charge in [-0.3, -0.25) is 0 Å². The Bertz CT molecular complexity index is 1170. The number of benzene rings is 2. The molecular formula is C26H30O7. The van der Waals surface area contributed by atoms with Crippen molar-refractivity contribution < 1.29 is 28.1 Å². The summed E-state index contributed by atoms with van der Waals surface area (Å²) in [7, 11) is 4.83. The number of fused-ring (bicyclic) bond motifs is 2. The Morgan fingerprint density at radius 3 is 2.39 bits per heavy atom. The monoisotopic (exact) mass is 454 g/mol. The van der Waals surface area contributed by atoms with E-state index in [9.17, 15) is 4.79 Å². The summed E-state index contributed by atoms with van der Waals surface area (Å²) in [6.45, 7) is 4.63. The molecule has 0 bridgehead atoms. The molecule has 0 aliphatic carbocycles. The Morgan fingerprint density at radius 1 is 1.00 bits per heavy atom. The Labute approximate surface area is 193 Å². The van der Waals surface area contributed by atoms with E-state index in [1.807, 2.05) is 32.0 Å². The first-order chi connectivity index (χ1) is 15.8. The largest absolute Gasteiger partial charge is 0.493 e. The van der Waals surface area contributed by atoms with E-state index in [2.05, 4.69) is 0 Å². The average molecular weight is 455 g/mol. The van der Waals surface area contributed by atoms with Gasteiger partial charge in [0.25, 0.3) is 0 Å². The smallest absolute Gasteiger partial charge is 0.336 e. The fraction of sp³-hybridized carbons (Fsp3) is 0.423. The quantitative estimate of drug-likeness (QED) is 0.365. The molecule has 2 aromatic carbocycles. The zero-order valence-corrected chi connectivity index (χ0v) is 19.7. The lowest BCUT2D eigenvalue weighted by Crippen LogP contribution is -2.48. The summed E-state index contributed by atoms with van der Waals surface area (Å²) in [6, 6.07) is 10.9. The summed E-state index contributed by atoms with van der Waals surface area (Å²) in [5, 5.41) is 0.873. The number of hydrogen-bond acceptors (Lipinski definition) is 7. The summed E-state index contributed by atoms with van der Waals surface area (Å²) >= 11 is 0. The van der Waals surface area contributed by atoms with E-state index in [-0.39, 0.29) is 11.7 Å². The molecule has 0 unspecified atom stereocenters. The van der Waals surface area contributed by atoms with Crippen LogP contribution in [0.1, 0.15) is 31.4 Å². The molecule has 0 saturated carbocycles. The van der Waals surface area contributed by atoms with Gasteiger partial charge in [-0.25, -0.2) is 4.79 Å². The second-order valence-electron chi connectivity index (χ2n) is 8.66. The molecule has 0 saturated heterocycles. The molecule has 0 N–H and O–H groups in total. The van der Waals surface area contributed by atoms with Crippen LogP contribution in [0.25, 0.3) is 11.0 Å². The second kappa shape index (κ2) is 9.35. The number of ether oxygens (including phenoxy) is 5. The molecule has 1 aliphatic heterocycles. The second-order valence-corrected chi connectivity index (χ2v) is 8.66. The van der Waals surface area contributed by atoms with Crippen LogP contribution < -0.4 is 24.6 Å². The van der Waals surface area contributed by atoms with Crippen LogP contribution in [0.2, 0.25) is 0 Å². The standard InChI is InChI=1S/C26H30O7/c1-26(2)23(14-18-13-17-8-9-24(27)32-19(17)15-20(18)33-26)31-10-6-7-16-11-21(28-3)25(30-5)22(12-16)29-4/h8-9,11-13,15,23H,6-7,10,14H2,1-5H3/t23-/m1/s1.